The molecule has 1 atom stereocenters. The maximum atomic E-state index is 5.91. The molecular weight excluding hydrogens is 174 g/mol. The molecule has 1 heterocycles. The number of aryl methyl sites for hydroxylation is 1. The molecule has 0 saturated heterocycles. The SMILES string of the molecule is CCn1ccnc1C1(CN)CC1(C)C. The van der Waals surface area contributed by atoms with Crippen molar-refractivity contribution in [2.75, 3.05) is 6.54 Å². The zero-order chi connectivity index (χ0) is 10.4. The molecule has 1 aliphatic rings. The molecule has 1 aliphatic carbocycles. The molecule has 0 bridgehead atoms. The fraction of sp³-hybridized carbons (Fsp3) is 0.727. The van der Waals surface area contributed by atoms with Crippen LogP contribution < -0.4 is 5.73 Å². The monoisotopic (exact) mass is 193 g/mol. The van der Waals surface area contributed by atoms with Gasteiger partial charge in [-0.2, -0.15) is 0 Å². The summed E-state index contributed by atoms with van der Waals surface area (Å²) in [6.07, 6.45) is 5.08. The molecule has 2 rings (SSSR count). The highest BCUT2D eigenvalue weighted by Gasteiger charge is 2.63. The summed E-state index contributed by atoms with van der Waals surface area (Å²) < 4.78 is 2.21. The summed E-state index contributed by atoms with van der Waals surface area (Å²) in [5, 5.41) is 0. The molecule has 1 fully saturated rings. The van der Waals surface area contributed by atoms with Gasteiger partial charge in [-0.15, -0.1) is 0 Å². The molecule has 14 heavy (non-hydrogen) atoms. The van der Waals surface area contributed by atoms with Gasteiger partial charge in [-0.3, -0.25) is 0 Å². The lowest BCUT2D eigenvalue weighted by atomic mass is 9.95. The summed E-state index contributed by atoms with van der Waals surface area (Å²) in [4.78, 5) is 4.47. The van der Waals surface area contributed by atoms with Gasteiger partial charge in [0, 0.05) is 30.9 Å². The van der Waals surface area contributed by atoms with E-state index in [0.717, 1.165) is 13.0 Å². The number of nitrogens with zero attached hydrogens (tertiary/aromatic N) is 2. The van der Waals surface area contributed by atoms with Crippen molar-refractivity contribution in [1.29, 1.82) is 0 Å². The second-order valence-electron chi connectivity index (χ2n) is 4.88. The summed E-state index contributed by atoms with van der Waals surface area (Å²) in [7, 11) is 0. The Bertz CT molecular complexity index is 340. The van der Waals surface area contributed by atoms with Gasteiger partial charge >= 0.3 is 0 Å². The third-order valence-corrected chi connectivity index (χ3v) is 3.75. The van der Waals surface area contributed by atoms with E-state index in [1.165, 1.54) is 5.82 Å². The van der Waals surface area contributed by atoms with E-state index in [1.54, 1.807) is 0 Å². The van der Waals surface area contributed by atoms with E-state index in [-0.39, 0.29) is 5.41 Å². The van der Waals surface area contributed by atoms with E-state index in [0.29, 0.717) is 12.0 Å². The molecule has 1 aromatic heterocycles. The van der Waals surface area contributed by atoms with Crippen LogP contribution in [0.15, 0.2) is 12.4 Å². The van der Waals surface area contributed by atoms with Gasteiger partial charge in [0.1, 0.15) is 5.82 Å². The van der Waals surface area contributed by atoms with Crippen molar-refractivity contribution in [3.63, 3.8) is 0 Å². The first-order valence-corrected chi connectivity index (χ1v) is 5.29. The van der Waals surface area contributed by atoms with Crippen molar-refractivity contribution in [2.24, 2.45) is 11.1 Å². The Hall–Kier alpha value is -0.830. The van der Waals surface area contributed by atoms with Gasteiger partial charge in [0.05, 0.1) is 0 Å². The molecular formula is C11H19N3. The number of nitrogens with two attached hydrogens (primary N) is 1. The van der Waals surface area contributed by atoms with Crippen LogP contribution in [-0.2, 0) is 12.0 Å². The molecule has 1 unspecified atom stereocenters. The molecule has 1 saturated carbocycles. The van der Waals surface area contributed by atoms with Gasteiger partial charge in [0.15, 0.2) is 0 Å². The third-order valence-electron chi connectivity index (χ3n) is 3.75. The summed E-state index contributed by atoms with van der Waals surface area (Å²) in [5.74, 6) is 1.17. The Labute approximate surface area is 85.3 Å². The van der Waals surface area contributed by atoms with Gasteiger partial charge < -0.3 is 10.3 Å². The average molecular weight is 193 g/mol. The molecule has 78 valence electrons. The smallest absolute Gasteiger partial charge is 0.116 e. The molecule has 0 amide bonds. The van der Waals surface area contributed by atoms with Crippen LogP contribution in [0.5, 0.6) is 0 Å². The van der Waals surface area contributed by atoms with Crippen LogP contribution in [-0.4, -0.2) is 16.1 Å². The average Bonchev–Trinajstić information content (AvgIpc) is 2.56. The highest BCUT2D eigenvalue weighted by atomic mass is 15.1. The number of aromatic nitrogens is 2. The van der Waals surface area contributed by atoms with Crippen molar-refractivity contribution >= 4 is 0 Å². The zero-order valence-corrected chi connectivity index (χ0v) is 9.25. The van der Waals surface area contributed by atoms with Crippen LogP contribution in [0.2, 0.25) is 0 Å². The topological polar surface area (TPSA) is 43.8 Å². The minimum Gasteiger partial charge on any atom is -0.335 e. The Morgan fingerprint density at radius 3 is 2.64 bits per heavy atom. The molecule has 1 aromatic rings. The molecule has 0 aliphatic heterocycles. The minimum atomic E-state index is 0.131. The molecule has 0 spiro atoms. The predicted molar refractivity (Wildman–Crippen MR) is 57.0 cm³/mol. The maximum absolute atomic E-state index is 5.91. The van der Waals surface area contributed by atoms with E-state index >= 15 is 0 Å². The second-order valence-corrected chi connectivity index (χ2v) is 4.88. The summed E-state index contributed by atoms with van der Waals surface area (Å²) in [6, 6.07) is 0. The number of hydrogen-bond donors (Lipinski definition) is 1. The largest absolute Gasteiger partial charge is 0.335 e. The summed E-state index contributed by atoms with van der Waals surface area (Å²) in [6.45, 7) is 8.37. The first kappa shape index (κ1) is 9.71. The highest BCUT2D eigenvalue weighted by Crippen LogP contribution is 2.63. The zero-order valence-electron chi connectivity index (χ0n) is 9.25. The van der Waals surface area contributed by atoms with Gasteiger partial charge in [0.25, 0.3) is 0 Å². The predicted octanol–water partition coefficient (Wildman–Crippen LogP) is 1.53. The van der Waals surface area contributed by atoms with E-state index in [2.05, 4.69) is 30.3 Å². The van der Waals surface area contributed by atoms with Crippen molar-refractivity contribution < 1.29 is 0 Å². The Balaban J connectivity index is 2.40. The molecule has 0 radical (unpaired) electrons. The van der Waals surface area contributed by atoms with Crippen LogP contribution in [0.25, 0.3) is 0 Å². The standard InChI is InChI=1S/C11H19N3/c1-4-14-6-5-13-9(14)11(8-12)7-10(11,2)3/h5-6H,4,7-8,12H2,1-3H3. The van der Waals surface area contributed by atoms with Crippen molar-refractivity contribution in [2.45, 2.75) is 39.2 Å². The third kappa shape index (κ3) is 1.05. The maximum Gasteiger partial charge on any atom is 0.116 e. The fourth-order valence-corrected chi connectivity index (χ4v) is 2.51. The molecule has 3 nitrogen and oxygen atoms in total. The van der Waals surface area contributed by atoms with E-state index in [1.807, 2.05) is 12.4 Å². The quantitative estimate of drug-likeness (QED) is 0.791. The number of imidazole rings is 1. The van der Waals surface area contributed by atoms with E-state index < -0.39 is 0 Å². The van der Waals surface area contributed by atoms with Crippen molar-refractivity contribution in [1.82, 2.24) is 9.55 Å². The Morgan fingerprint density at radius 2 is 2.21 bits per heavy atom. The van der Waals surface area contributed by atoms with Gasteiger partial charge in [-0.25, -0.2) is 4.98 Å². The van der Waals surface area contributed by atoms with Gasteiger partial charge in [0.2, 0.25) is 0 Å². The van der Waals surface area contributed by atoms with Crippen molar-refractivity contribution in [3.8, 4) is 0 Å². The van der Waals surface area contributed by atoms with Gasteiger partial charge in [-0.05, 0) is 18.8 Å². The van der Waals surface area contributed by atoms with Crippen LogP contribution in [0, 0.1) is 5.41 Å². The van der Waals surface area contributed by atoms with Crippen LogP contribution in [0.4, 0.5) is 0 Å². The fourth-order valence-electron chi connectivity index (χ4n) is 2.51. The molecule has 0 aromatic carbocycles. The molecule has 2 N–H and O–H groups in total. The second kappa shape index (κ2) is 2.83. The number of rotatable bonds is 3. The first-order valence-electron chi connectivity index (χ1n) is 5.29. The lowest BCUT2D eigenvalue weighted by Gasteiger charge is -2.19. The van der Waals surface area contributed by atoms with Crippen LogP contribution in [0.3, 0.4) is 0 Å². The first-order chi connectivity index (χ1) is 6.57. The van der Waals surface area contributed by atoms with Crippen molar-refractivity contribution in [3.05, 3.63) is 18.2 Å². The van der Waals surface area contributed by atoms with Crippen LogP contribution in [0.1, 0.15) is 33.0 Å². The summed E-state index contributed by atoms with van der Waals surface area (Å²) >= 11 is 0. The normalized spacial score (nSPS) is 29.1. The lowest BCUT2D eigenvalue weighted by Crippen LogP contribution is -2.28. The number of hydrogen-bond acceptors (Lipinski definition) is 2. The van der Waals surface area contributed by atoms with Crippen LogP contribution >= 0.6 is 0 Å². The highest BCUT2D eigenvalue weighted by molar-refractivity contribution is 5.29. The minimum absolute atomic E-state index is 0.131. The Kier molecular flexibility index (Phi) is 1.96. The molecule has 3 heteroatoms. The van der Waals surface area contributed by atoms with E-state index in [4.69, 9.17) is 5.73 Å². The lowest BCUT2D eigenvalue weighted by molar-refractivity contribution is 0.462. The van der Waals surface area contributed by atoms with Gasteiger partial charge in [-0.1, -0.05) is 13.8 Å². The van der Waals surface area contributed by atoms with E-state index in [9.17, 15) is 0 Å². The Morgan fingerprint density at radius 1 is 1.57 bits per heavy atom. The summed E-state index contributed by atoms with van der Waals surface area (Å²) in [5.41, 5.74) is 6.36.